The van der Waals surface area contributed by atoms with E-state index in [0.29, 0.717) is 0 Å². The van der Waals surface area contributed by atoms with Crippen molar-refractivity contribution in [2.75, 3.05) is 0 Å². The summed E-state index contributed by atoms with van der Waals surface area (Å²) in [4.78, 5) is 0. The third-order valence-corrected chi connectivity index (χ3v) is 8.88. The van der Waals surface area contributed by atoms with Gasteiger partial charge in [0.05, 0.1) is 0 Å². The molecular weight excluding hydrogens is 408 g/mol. The molecule has 1 unspecified atom stereocenters. The van der Waals surface area contributed by atoms with E-state index in [9.17, 15) is 0 Å². The van der Waals surface area contributed by atoms with E-state index in [1.807, 2.05) is 0 Å². The Morgan fingerprint density at radius 1 is 0.618 bits per heavy atom. The van der Waals surface area contributed by atoms with Crippen LogP contribution in [0.1, 0.15) is 127 Å². The molecule has 0 aromatic heterocycles. The Labute approximate surface area is 210 Å². The molecule has 0 radical (unpaired) electrons. The van der Waals surface area contributed by atoms with Gasteiger partial charge in [-0.25, -0.2) is 0 Å². The van der Waals surface area contributed by atoms with E-state index in [1.165, 1.54) is 113 Å². The molecule has 1 fully saturated rings. The van der Waals surface area contributed by atoms with E-state index >= 15 is 0 Å². The van der Waals surface area contributed by atoms with Crippen molar-refractivity contribution in [2.45, 2.75) is 116 Å². The highest BCUT2D eigenvalue weighted by Crippen LogP contribution is 2.38. The standard InChI is InChI=1S/C34H48/c1-3-5-6-7-8-9-10-28-13-17-30(18-14-28)32-21-25-34(26-22-32)33-23-19-31(20-24-33)29-15-11-27(4-2)12-16-29/h15,19-28,30H,3-14,16-18H2,1-2H3. The van der Waals surface area contributed by atoms with Crippen molar-refractivity contribution in [3.8, 4) is 11.1 Å². The van der Waals surface area contributed by atoms with Crippen LogP contribution in [0.25, 0.3) is 16.7 Å². The molecule has 184 valence electrons. The van der Waals surface area contributed by atoms with Crippen LogP contribution in [0.15, 0.2) is 54.6 Å². The number of hydrogen-bond donors (Lipinski definition) is 0. The Morgan fingerprint density at radius 2 is 1.24 bits per heavy atom. The molecule has 4 rings (SSSR count). The quantitative estimate of drug-likeness (QED) is 0.295. The van der Waals surface area contributed by atoms with E-state index in [0.717, 1.165) is 17.8 Å². The SMILES string of the molecule is CCCCCCCCC1CCC(c2ccc(-c3ccc(C4=CCC(CC)CC4)cc3)cc2)CC1. The topological polar surface area (TPSA) is 0 Å². The third-order valence-electron chi connectivity index (χ3n) is 8.88. The normalized spacial score (nSPS) is 23.0. The van der Waals surface area contributed by atoms with Gasteiger partial charge >= 0.3 is 0 Å². The average molecular weight is 457 g/mol. The zero-order valence-electron chi connectivity index (χ0n) is 22.0. The van der Waals surface area contributed by atoms with E-state index in [4.69, 9.17) is 0 Å². The molecule has 1 atom stereocenters. The first-order valence-corrected chi connectivity index (χ1v) is 14.7. The Morgan fingerprint density at radius 3 is 1.85 bits per heavy atom. The first-order chi connectivity index (χ1) is 16.8. The Kier molecular flexibility index (Phi) is 9.90. The lowest BCUT2D eigenvalue weighted by atomic mass is 9.77. The highest BCUT2D eigenvalue weighted by Gasteiger charge is 2.22. The van der Waals surface area contributed by atoms with Gasteiger partial charge in [-0.3, -0.25) is 0 Å². The highest BCUT2D eigenvalue weighted by molar-refractivity contribution is 5.71. The predicted molar refractivity (Wildman–Crippen MR) is 150 cm³/mol. The molecule has 0 bridgehead atoms. The fourth-order valence-corrected chi connectivity index (χ4v) is 6.34. The molecule has 0 spiro atoms. The second-order valence-corrected chi connectivity index (χ2v) is 11.3. The van der Waals surface area contributed by atoms with Crippen LogP contribution in [0.2, 0.25) is 0 Å². The summed E-state index contributed by atoms with van der Waals surface area (Å²) in [6.07, 6.45) is 23.4. The summed E-state index contributed by atoms with van der Waals surface area (Å²) in [7, 11) is 0. The smallest absolute Gasteiger partial charge is 0.0162 e. The monoisotopic (exact) mass is 456 g/mol. The molecule has 2 aliphatic rings. The predicted octanol–water partition coefficient (Wildman–Crippen LogP) is 11.0. The maximum Gasteiger partial charge on any atom is -0.0162 e. The molecule has 0 nitrogen and oxygen atoms in total. The van der Waals surface area contributed by atoms with Gasteiger partial charge in [0.25, 0.3) is 0 Å². The average Bonchev–Trinajstić information content (AvgIpc) is 2.91. The second-order valence-electron chi connectivity index (χ2n) is 11.3. The molecule has 0 amide bonds. The molecule has 0 saturated heterocycles. The first-order valence-electron chi connectivity index (χ1n) is 14.7. The molecule has 0 heteroatoms. The molecule has 0 aliphatic heterocycles. The summed E-state index contributed by atoms with van der Waals surface area (Å²) in [5.41, 5.74) is 7.25. The van der Waals surface area contributed by atoms with Crippen molar-refractivity contribution in [2.24, 2.45) is 11.8 Å². The van der Waals surface area contributed by atoms with Crippen LogP contribution in [0.5, 0.6) is 0 Å². The van der Waals surface area contributed by atoms with E-state index in [2.05, 4.69) is 68.5 Å². The van der Waals surface area contributed by atoms with Gasteiger partial charge in [0, 0.05) is 0 Å². The summed E-state index contributed by atoms with van der Waals surface area (Å²) < 4.78 is 0. The van der Waals surface area contributed by atoms with E-state index < -0.39 is 0 Å². The zero-order chi connectivity index (χ0) is 23.6. The third kappa shape index (κ3) is 7.10. The van der Waals surface area contributed by atoms with Crippen LogP contribution in [-0.2, 0) is 0 Å². The summed E-state index contributed by atoms with van der Waals surface area (Å²) >= 11 is 0. The van der Waals surface area contributed by atoms with E-state index in [-0.39, 0.29) is 0 Å². The van der Waals surface area contributed by atoms with Gasteiger partial charge in [-0.1, -0.05) is 120 Å². The Hall–Kier alpha value is -1.82. The van der Waals surface area contributed by atoms with Crippen molar-refractivity contribution in [3.63, 3.8) is 0 Å². The molecule has 34 heavy (non-hydrogen) atoms. The van der Waals surface area contributed by atoms with Crippen molar-refractivity contribution < 1.29 is 0 Å². The van der Waals surface area contributed by atoms with E-state index in [1.54, 1.807) is 11.1 Å². The minimum absolute atomic E-state index is 0.780. The molecule has 1 saturated carbocycles. The minimum Gasteiger partial charge on any atom is -0.0804 e. The first kappa shape index (κ1) is 25.3. The van der Waals surface area contributed by atoms with Gasteiger partial charge in [-0.05, 0) is 90.5 Å². The largest absolute Gasteiger partial charge is 0.0804 e. The second kappa shape index (κ2) is 13.3. The van der Waals surface area contributed by atoms with Gasteiger partial charge in [-0.2, -0.15) is 0 Å². The summed E-state index contributed by atoms with van der Waals surface area (Å²) in [6, 6.07) is 18.9. The van der Waals surface area contributed by atoms with Crippen LogP contribution in [0.3, 0.4) is 0 Å². The zero-order valence-corrected chi connectivity index (χ0v) is 22.0. The molecule has 2 aliphatic carbocycles. The van der Waals surface area contributed by atoms with Gasteiger partial charge in [0.1, 0.15) is 0 Å². The van der Waals surface area contributed by atoms with Crippen molar-refractivity contribution in [1.29, 1.82) is 0 Å². The summed E-state index contributed by atoms with van der Waals surface area (Å²) in [5, 5.41) is 0. The minimum atomic E-state index is 0.780. The number of unbranched alkanes of at least 4 members (excludes halogenated alkanes) is 5. The van der Waals surface area contributed by atoms with Gasteiger partial charge in [-0.15, -0.1) is 0 Å². The van der Waals surface area contributed by atoms with Crippen molar-refractivity contribution in [3.05, 3.63) is 65.7 Å². The van der Waals surface area contributed by atoms with Crippen molar-refractivity contribution in [1.82, 2.24) is 0 Å². The maximum atomic E-state index is 2.49. The van der Waals surface area contributed by atoms with Gasteiger partial charge < -0.3 is 0 Å². The Balaban J connectivity index is 1.24. The van der Waals surface area contributed by atoms with Crippen LogP contribution in [0, 0.1) is 11.8 Å². The van der Waals surface area contributed by atoms with Crippen LogP contribution in [-0.4, -0.2) is 0 Å². The summed E-state index contributed by atoms with van der Waals surface area (Å²) in [6.45, 7) is 4.63. The molecule has 0 N–H and O–H groups in total. The fourth-order valence-electron chi connectivity index (χ4n) is 6.34. The molecule has 2 aromatic carbocycles. The highest BCUT2D eigenvalue weighted by atomic mass is 14.3. The van der Waals surface area contributed by atoms with Crippen molar-refractivity contribution >= 4 is 5.57 Å². The lowest BCUT2D eigenvalue weighted by molar-refractivity contribution is 0.302. The molecular formula is C34H48. The number of allylic oxidation sites excluding steroid dienone is 2. The number of benzene rings is 2. The number of rotatable bonds is 11. The number of hydrogen-bond acceptors (Lipinski definition) is 0. The maximum absolute atomic E-state index is 2.49. The van der Waals surface area contributed by atoms with Crippen LogP contribution in [0.4, 0.5) is 0 Å². The van der Waals surface area contributed by atoms with Crippen LogP contribution < -0.4 is 0 Å². The Bertz CT molecular complexity index is 861. The van der Waals surface area contributed by atoms with Crippen LogP contribution >= 0.6 is 0 Å². The lowest BCUT2D eigenvalue weighted by Crippen LogP contribution is -2.13. The lowest BCUT2D eigenvalue weighted by Gasteiger charge is -2.29. The summed E-state index contributed by atoms with van der Waals surface area (Å²) in [5.74, 6) is 2.67. The van der Waals surface area contributed by atoms with Gasteiger partial charge in [0.2, 0.25) is 0 Å². The van der Waals surface area contributed by atoms with Gasteiger partial charge in [0.15, 0.2) is 0 Å². The molecule has 2 aromatic rings. The molecule has 0 heterocycles. The fraction of sp³-hybridized carbons (Fsp3) is 0.588.